The van der Waals surface area contributed by atoms with Crippen LogP contribution in [0.25, 0.3) is 0 Å². The second-order valence-electron chi connectivity index (χ2n) is 6.44. The van der Waals surface area contributed by atoms with Gasteiger partial charge in [-0.15, -0.1) is 0 Å². The van der Waals surface area contributed by atoms with E-state index in [-0.39, 0.29) is 22.4 Å². The van der Waals surface area contributed by atoms with Crippen molar-refractivity contribution in [2.24, 2.45) is 5.73 Å². The number of hydrogen-bond acceptors (Lipinski definition) is 2. The van der Waals surface area contributed by atoms with E-state index in [4.69, 9.17) is 17.3 Å². The zero-order valence-corrected chi connectivity index (χ0v) is 13.8. The number of halogens is 2. The maximum atomic E-state index is 14.1. The lowest BCUT2D eigenvalue weighted by Gasteiger charge is -2.44. The molecule has 2 N–H and O–H groups in total. The van der Waals surface area contributed by atoms with Crippen molar-refractivity contribution in [3.8, 4) is 0 Å². The van der Waals surface area contributed by atoms with Gasteiger partial charge in [0.05, 0.1) is 5.02 Å². The number of likely N-dealkylation sites (N-methyl/N-ethyl adjacent to an activating group) is 1. The Bertz CT molecular complexity index is 468. The van der Waals surface area contributed by atoms with Crippen LogP contribution in [0.3, 0.4) is 0 Å². The first-order valence-corrected chi connectivity index (χ1v) is 8.21. The first-order valence-electron chi connectivity index (χ1n) is 7.83. The summed E-state index contributed by atoms with van der Waals surface area (Å²) in [5.74, 6) is -0.322. The van der Waals surface area contributed by atoms with Crippen LogP contribution in [0.15, 0.2) is 18.2 Å². The van der Waals surface area contributed by atoms with Gasteiger partial charge in [0.25, 0.3) is 0 Å². The largest absolute Gasteiger partial charge is 0.326 e. The van der Waals surface area contributed by atoms with E-state index >= 15 is 0 Å². The van der Waals surface area contributed by atoms with Crippen molar-refractivity contribution in [1.29, 1.82) is 0 Å². The van der Waals surface area contributed by atoms with Gasteiger partial charge in [0.15, 0.2) is 0 Å². The molecule has 2 nitrogen and oxygen atoms in total. The Labute approximate surface area is 132 Å². The van der Waals surface area contributed by atoms with E-state index in [0.29, 0.717) is 12.0 Å². The van der Waals surface area contributed by atoms with Crippen molar-refractivity contribution < 1.29 is 4.39 Å². The monoisotopic (exact) mass is 312 g/mol. The van der Waals surface area contributed by atoms with Crippen LogP contribution in [-0.2, 0) is 6.42 Å². The molecular weight excluding hydrogens is 287 g/mol. The maximum absolute atomic E-state index is 14.1. The summed E-state index contributed by atoms with van der Waals surface area (Å²) in [5, 5.41) is 0.180. The third kappa shape index (κ3) is 3.58. The molecule has 1 saturated carbocycles. The van der Waals surface area contributed by atoms with E-state index in [1.807, 2.05) is 0 Å². The fraction of sp³-hybridized carbons (Fsp3) is 0.647. The lowest BCUT2D eigenvalue weighted by Crippen LogP contribution is -2.58. The van der Waals surface area contributed by atoms with Crippen molar-refractivity contribution in [3.63, 3.8) is 0 Å². The van der Waals surface area contributed by atoms with Crippen molar-refractivity contribution in [2.45, 2.75) is 56.5 Å². The van der Waals surface area contributed by atoms with Crippen LogP contribution < -0.4 is 5.73 Å². The predicted octanol–water partition coefficient (Wildman–Crippen LogP) is 4.00. The van der Waals surface area contributed by atoms with Gasteiger partial charge in [0.2, 0.25) is 0 Å². The highest BCUT2D eigenvalue weighted by molar-refractivity contribution is 6.30. The molecule has 1 fully saturated rings. The lowest BCUT2D eigenvalue weighted by molar-refractivity contribution is 0.0964. The van der Waals surface area contributed by atoms with Gasteiger partial charge in [-0.2, -0.15) is 0 Å². The molecule has 0 amide bonds. The van der Waals surface area contributed by atoms with Crippen molar-refractivity contribution in [1.82, 2.24) is 4.90 Å². The van der Waals surface area contributed by atoms with Crippen molar-refractivity contribution in [2.75, 3.05) is 14.1 Å². The predicted molar refractivity (Wildman–Crippen MR) is 87.2 cm³/mol. The molecule has 0 saturated heterocycles. The topological polar surface area (TPSA) is 29.3 Å². The number of hydrogen-bond donors (Lipinski definition) is 1. The first kappa shape index (κ1) is 16.7. The van der Waals surface area contributed by atoms with Crippen LogP contribution in [0.2, 0.25) is 5.02 Å². The summed E-state index contributed by atoms with van der Waals surface area (Å²) in [6, 6.07) is 5.09. The molecule has 1 aliphatic rings. The standard InChI is InChI=1S/C17H26ClFN2/c1-21(2)17(10-5-3-4-6-11-17)15(20)12-13-8-7-9-14(18)16(13)19/h7-9,15H,3-6,10-12,20H2,1-2H3. The van der Waals surface area contributed by atoms with Crippen molar-refractivity contribution in [3.05, 3.63) is 34.6 Å². The molecule has 0 aromatic heterocycles. The highest BCUT2D eigenvalue weighted by atomic mass is 35.5. The molecule has 4 heteroatoms. The molecular formula is C17H26ClFN2. The molecule has 0 spiro atoms. The minimum absolute atomic E-state index is 0.0365. The van der Waals surface area contributed by atoms with Gasteiger partial charge < -0.3 is 10.6 Å². The quantitative estimate of drug-likeness (QED) is 0.851. The molecule has 118 valence electrons. The van der Waals surface area contributed by atoms with Gasteiger partial charge in [-0.05, 0) is 45.0 Å². The second kappa shape index (κ2) is 7.08. The lowest BCUT2D eigenvalue weighted by atomic mass is 9.79. The summed E-state index contributed by atoms with van der Waals surface area (Å²) in [5.41, 5.74) is 7.14. The van der Waals surface area contributed by atoms with Crippen LogP contribution in [0.5, 0.6) is 0 Å². The van der Waals surface area contributed by atoms with Gasteiger partial charge in [-0.1, -0.05) is 49.4 Å². The van der Waals surface area contributed by atoms with Crippen LogP contribution in [0, 0.1) is 5.82 Å². The number of nitrogens with zero attached hydrogens (tertiary/aromatic N) is 1. The Morgan fingerprint density at radius 1 is 1.24 bits per heavy atom. The molecule has 1 aromatic carbocycles. The van der Waals surface area contributed by atoms with E-state index in [1.54, 1.807) is 18.2 Å². The Kier molecular flexibility index (Phi) is 5.64. The summed E-state index contributed by atoms with van der Waals surface area (Å²) < 4.78 is 14.1. The van der Waals surface area contributed by atoms with E-state index in [9.17, 15) is 4.39 Å². The summed E-state index contributed by atoms with van der Waals surface area (Å²) in [6.07, 6.45) is 7.65. The summed E-state index contributed by atoms with van der Waals surface area (Å²) in [7, 11) is 4.19. The Morgan fingerprint density at radius 3 is 2.43 bits per heavy atom. The fourth-order valence-corrected chi connectivity index (χ4v) is 3.82. The Hall–Kier alpha value is -0.640. The minimum Gasteiger partial charge on any atom is -0.326 e. The van der Waals surface area contributed by atoms with E-state index < -0.39 is 0 Å². The third-order valence-electron chi connectivity index (χ3n) is 5.02. The highest BCUT2D eigenvalue weighted by Crippen LogP contribution is 2.35. The Morgan fingerprint density at radius 2 is 1.86 bits per heavy atom. The molecule has 0 aliphatic heterocycles. The molecule has 2 rings (SSSR count). The zero-order valence-electron chi connectivity index (χ0n) is 13.0. The SMILES string of the molecule is CN(C)C1(C(N)Cc2cccc(Cl)c2F)CCCCCC1. The van der Waals surface area contributed by atoms with Crippen LogP contribution >= 0.6 is 11.6 Å². The molecule has 1 atom stereocenters. The average Bonchev–Trinajstić information content (AvgIpc) is 2.70. The minimum atomic E-state index is -0.322. The molecule has 21 heavy (non-hydrogen) atoms. The first-order chi connectivity index (χ1) is 9.97. The number of nitrogens with two attached hydrogens (primary N) is 1. The highest BCUT2D eigenvalue weighted by Gasteiger charge is 2.39. The fourth-order valence-electron chi connectivity index (χ4n) is 3.62. The Balaban J connectivity index is 2.22. The summed E-state index contributed by atoms with van der Waals surface area (Å²) in [6.45, 7) is 0. The van der Waals surface area contributed by atoms with Crippen LogP contribution in [0.4, 0.5) is 4.39 Å². The van der Waals surface area contributed by atoms with E-state index in [1.165, 1.54) is 25.7 Å². The van der Waals surface area contributed by atoms with Gasteiger partial charge in [0.1, 0.15) is 5.82 Å². The second-order valence-corrected chi connectivity index (χ2v) is 6.84. The molecule has 1 aromatic rings. The van der Waals surface area contributed by atoms with Crippen LogP contribution in [-0.4, -0.2) is 30.6 Å². The number of benzene rings is 1. The van der Waals surface area contributed by atoms with E-state index in [2.05, 4.69) is 19.0 Å². The van der Waals surface area contributed by atoms with Gasteiger partial charge in [0, 0.05) is 11.6 Å². The smallest absolute Gasteiger partial charge is 0.145 e. The molecule has 0 heterocycles. The molecule has 0 radical (unpaired) electrons. The average molecular weight is 313 g/mol. The maximum Gasteiger partial charge on any atom is 0.145 e. The molecule has 0 bridgehead atoms. The summed E-state index contributed by atoms with van der Waals surface area (Å²) >= 11 is 5.88. The summed E-state index contributed by atoms with van der Waals surface area (Å²) in [4.78, 5) is 2.26. The third-order valence-corrected chi connectivity index (χ3v) is 5.31. The van der Waals surface area contributed by atoms with Crippen LogP contribution in [0.1, 0.15) is 44.1 Å². The van der Waals surface area contributed by atoms with Gasteiger partial charge in [-0.25, -0.2) is 4.39 Å². The van der Waals surface area contributed by atoms with E-state index in [0.717, 1.165) is 12.8 Å². The zero-order chi connectivity index (χ0) is 15.5. The normalized spacial score (nSPS) is 20.3. The number of rotatable bonds is 4. The van der Waals surface area contributed by atoms with Crippen molar-refractivity contribution >= 4 is 11.6 Å². The molecule has 1 aliphatic carbocycles. The molecule has 1 unspecified atom stereocenters. The van der Waals surface area contributed by atoms with Gasteiger partial charge >= 0.3 is 0 Å². The van der Waals surface area contributed by atoms with Gasteiger partial charge in [-0.3, -0.25) is 0 Å².